The molecule has 0 aromatic heterocycles. The van der Waals surface area contributed by atoms with Crippen LogP contribution in [0.2, 0.25) is 10.0 Å². The van der Waals surface area contributed by atoms with Crippen molar-refractivity contribution >= 4 is 35.1 Å². The highest BCUT2D eigenvalue weighted by Gasteiger charge is 2.26. The second kappa shape index (κ2) is 8.14. The number of carboxylic acids is 1. The molecule has 1 aromatic rings. The van der Waals surface area contributed by atoms with Gasteiger partial charge in [0.1, 0.15) is 11.8 Å². The highest BCUT2D eigenvalue weighted by atomic mass is 35.5. The van der Waals surface area contributed by atoms with E-state index in [1.807, 2.05) is 5.32 Å². The molecule has 2 atom stereocenters. The van der Waals surface area contributed by atoms with Gasteiger partial charge in [0.15, 0.2) is 6.10 Å². The third-order valence-corrected chi connectivity index (χ3v) is 2.98. The molecule has 2 unspecified atom stereocenters. The number of nitrogens with one attached hydrogen (secondary N) is 1. The van der Waals surface area contributed by atoms with Crippen molar-refractivity contribution in [1.82, 2.24) is 5.32 Å². The van der Waals surface area contributed by atoms with Crippen LogP contribution >= 0.6 is 23.2 Å². The minimum absolute atomic E-state index is 0.195. The zero-order chi connectivity index (χ0) is 16.9. The number of carbonyl (C=O) groups is 2. The van der Waals surface area contributed by atoms with E-state index in [0.29, 0.717) is 0 Å². The lowest BCUT2D eigenvalue weighted by atomic mass is 10.2. The molecule has 122 valence electrons. The fraction of sp³-hybridized carbons (Fsp3) is 0.385. The molecule has 0 aliphatic rings. The Kier molecular flexibility index (Phi) is 6.83. The van der Waals surface area contributed by atoms with Gasteiger partial charge in [-0.05, 0) is 25.1 Å². The number of amides is 1. The Morgan fingerprint density at radius 3 is 2.27 bits per heavy atom. The number of ether oxygens (including phenoxy) is 1. The summed E-state index contributed by atoms with van der Waals surface area (Å²) in [4.78, 5) is 22.6. The van der Waals surface area contributed by atoms with Gasteiger partial charge in [-0.15, -0.1) is 0 Å². The molecular weight excluding hydrogens is 343 g/mol. The Morgan fingerprint density at radius 1 is 1.27 bits per heavy atom. The van der Waals surface area contributed by atoms with Gasteiger partial charge in [0.2, 0.25) is 6.43 Å². The van der Waals surface area contributed by atoms with Crippen LogP contribution in [0.3, 0.4) is 0 Å². The summed E-state index contributed by atoms with van der Waals surface area (Å²) in [5, 5.41) is 11.4. The fourth-order valence-corrected chi connectivity index (χ4v) is 2.05. The Labute approximate surface area is 135 Å². The summed E-state index contributed by atoms with van der Waals surface area (Å²) in [5.41, 5.74) is 0. The van der Waals surface area contributed by atoms with Crippen molar-refractivity contribution in [3.63, 3.8) is 0 Å². The van der Waals surface area contributed by atoms with E-state index in [1.165, 1.54) is 25.1 Å². The number of alkyl halides is 2. The van der Waals surface area contributed by atoms with Gasteiger partial charge in [-0.3, -0.25) is 4.79 Å². The Morgan fingerprint density at radius 2 is 1.82 bits per heavy atom. The topological polar surface area (TPSA) is 75.6 Å². The highest BCUT2D eigenvalue weighted by molar-refractivity contribution is 6.34. The minimum atomic E-state index is -2.86. The van der Waals surface area contributed by atoms with Crippen LogP contribution in [0.4, 0.5) is 8.78 Å². The Balaban J connectivity index is 2.69. The first-order valence-electron chi connectivity index (χ1n) is 6.13. The minimum Gasteiger partial charge on any atom is -0.481 e. The zero-order valence-electron chi connectivity index (χ0n) is 11.4. The number of hydrogen-bond donors (Lipinski definition) is 2. The lowest BCUT2D eigenvalue weighted by Gasteiger charge is -2.19. The van der Waals surface area contributed by atoms with E-state index in [-0.39, 0.29) is 15.8 Å². The van der Waals surface area contributed by atoms with E-state index < -0.39 is 36.9 Å². The molecule has 9 heteroatoms. The van der Waals surface area contributed by atoms with Gasteiger partial charge in [0, 0.05) is 16.5 Å². The van der Waals surface area contributed by atoms with Crippen molar-refractivity contribution in [2.75, 3.05) is 0 Å². The van der Waals surface area contributed by atoms with E-state index in [0.717, 1.165) is 0 Å². The SMILES string of the molecule is CC(Oc1cc(Cl)cc(Cl)c1)C(=O)NC(CC(F)F)C(=O)O. The average molecular weight is 356 g/mol. The first-order valence-corrected chi connectivity index (χ1v) is 6.88. The first kappa shape index (κ1) is 18.4. The fourth-order valence-electron chi connectivity index (χ4n) is 1.54. The molecule has 1 aromatic carbocycles. The van der Waals surface area contributed by atoms with Gasteiger partial charge in [-0.25, -0.2) is 13.6 Å². The molecule has 0 spiro atoms. The van der Waals surface area contributed by atoms with Crippen LogP contribution < -0.4 is 10.1 Å². The summed E-state index contributed by atoms with van der Waals surface area (Å²) in [6, 6.07) is 2.58. The molecule has 0 radical (unpaired) electrons. The molecule has 1 rings (SSSR count). The van der Waals surface area contributed by atoms with E-state index >= 15 is 0 Å². The lowest BCUT2D eigenvalue weighted by Crippen LogP contribution is -2.47. The van der Waals surface area contributed by atoms with Crippen LogP contribution in [0.5, 0.6) is 5.75 Å². The normalized spacial score (nSPS) is 13.5. The molecule has 0 saturated carbocycles. The molecule has 0 aliphatic heterocycles. The number of rotatable bonds is 7. The molecule has 22 heavy (non-hydrogen) atoms. The summed E-state index contributed by atoms with van der Waals surface area (Å²) in [6.45, 7) is 1.34. The third kappa shape index (κ3) is 6.03. The molecule has 5 nitrogen and oxygen atoms in total. The molecule has 0 fully saturated rings. The maximum atomic E-state index is 12.3. The van der Waals surface area contributed by atoms with Gasteiger partial charge in [-0.1, -0.05) is 23.2 Å². The van der Waals surface area contributed by atoms with Crippen LogP contribution in [0.15, 0.2) is 18.2 Å². The molecular formula is C13H13Cl2F2NO4. The van der Waals surface area contributed by atoms with Crippen LogP contribution in [-0.2, 0) is 9.59 Å². The maximum Gasteiger partial charge on any atom is 0.326 e. The summed E-state index contributed by atoms with van der Waals surface area (Å²) in [6.07, 6.45) is -4.96. The predicted molar refractivity (Wildman–Crippen MR) is 76.7 cm³/mol. The Bertz CT molecular complexity index is 537. The number of carboxylic acid groups (broad SMARTS) is 1. The average Bonchev–Trinajstić information content (AvgIpc) is 2.35. The second-order valence-electron chi connectivity index (χ2n) is 4.39. The summed E-state index contributed by atoms with van der Waals surface area (Å²) >= 11 is 11.5. The van der Waals surface area contributed by atoms with Crippen LogP contribution in [0.25, 0.3) is 0 Å². The van der Waals surface area contributed by atoms with Gasteiger partial charge in [0.25, 0.3) is 5.91 Å². The quantitative estimate of drug-likeness (QED) is 0.788. The summed E-state index contributed by atoms with van der Waals surface area (Å²) < 4.78 is 29.8. The number of halogens is 4. The molecule has 2 N–H and O–H groups in total. The molecule has 0 bridgehead atoms. The van der Waals surface area contributed by atoms with Crippen LogP contribution in [0, 0.1) is 0 Å². The van der Waals surface area contributed by atoms with Crippen molar-refractivity contribution in [3.8, 4) is 5.75 Å². The van der Waals surface area contributed by atoms with Crippen molar-refractivity contribution in [2.45, 2.75) is 31.9 Å². The summed E-state index contributed by atoms with van der Waals surface area (Å²) in [7, 11) is 0. The largest absolute Gasteiger partial charge is 0.481 e. The highest BCUT2D eigenvalue weighted by Crippen LogP contribution is 2.25. The van der Waals surface area contributed by atoms with E-state index in [9.17, 15) is 18.4 Å². The molecule has 0 aliphatic carbocycles. The van der Waals surface area contributed by atoms with Crippen molar-refractivity contribution < 1.29 is 28.2 Å². The Hall–Kier alpha value is -1.60. The smallest absolute Gasteiger partial charge is 0.326 e. The van der Waals surface area contributed by atoms with Crippen molar-refractivity contribution in [1.29, 1.82) is 0 Å². The van der Waals surface area contributed by atoms with Gasteiger partial charge in [0.05, 0.1) is 0 Å². The van der Waals surface area contributed by atoms with E-state index in [1.54, 1.807) is 0 Å². The third-order valence-electron chi connectivity index (χ3n) is 2.55. The van der Waals surface area contributed by atoms with Crippen molar-refractivity contribution in [2.24, 2.45) is 0 Å². The van der Waals surface area contributed by atoms with Crippen molar-refractivity contribution in [3.05, 3.63) is 28.2 Å². The lowest BCUT2D eigenvalue weighted by molar-refractivity contribution is -0.144. The first-order chi connectivity index (χ1) is 10.2. The predicted octanol–water partition coefficient (Wildman–Crippen LogP) is 2.99. The maximum absolute atomic E-state index is 12.3. The second-order valence-corrected chi connectivity index (χ2v) is 5.26. The van der Waals surface area contributed by atoms with Gasteiger partial charge >= 0.3 is 5.97 Å². The molecule has 0 saturated heterocycles. The van der Waals surface area contributed by atoms with Gasteiger partial charge < -0.3 is 15.2 Å². The van der Waals surface area contributed by atoms with E-state index in [2.05, 4.69) is 0 Å². The van der Waals surface area contributed by atoms with Crippen LogP contribution in [-0.4, -0.2) is 35.6 Å². The molecule has 0 heterocycles. The number of hydrogen-bond acceptors (Lipinski definition) is 3. The zero-order valence-corrected chi connectivity index (χ0v) is 12.9. The van der Waals surface area contributed by atoms with Crippen LogP contribution in [0.1, 0.15) is 13.3 Å². The standard InChI is InChI=1S/C13H13Cl2F2NO4/c1-6(22-9-3-7(14)2-8(15)4-9)12(19)18-10(13(20)21)5-11(16)17/h2-4,6,10-11H,5H2,1H3,(H,18,19)(H,20,21). The summed E-state index contributed by atoms with van der Waals surface area (Å²) in [5.74, 6) is -2.20. The number of carbonyl (C=O) groups excluding carboxylic acids is 1. The van der Waals surface area contributed by atoms with Gasteiger partial charge in [-0.2, -0.15) is 0 Å². The molecule has 1 amide bonds. The number of aliphatic carboxylic acids is 1. The van der Waals surface area contributed by atoms with E-state index in [4.69, 9.17) is 33.0 Å². The number of benzene rings is 1. The monoisotopic (exact) mass is 355 g/mol.